The van der Waals surface area contributed by atoms with Crippen molar-refractivity contribution in [3.05, 3.63) is 34.9 Å². The summed E-state index contributed by atoms with van der Waals surface area (Å²) < 4.78 is 0. The number of carbonyl (C=O) groups is 1. The second-order valence-electron chi connectivity index (χ2n) is 6.71. The van der Waals surface area contributed by atoms with Gasteiger partial charge in [0, 0.05) is 24.2 Å². The fourth-order valence-corrected chi connectivity index (χ4v) is 2.99. The third-order valence-electron chi connectivity index (χ3n) is 4.60. The van der Waals surface area contributed by atoms with E-state index in [0.717, 1.165) is 43.1 Å². The topological polar surface area (TPSA) is 32.3 Å². The molecule has 0 saturated carbocycles. The Morgan fingerprint density at radius 3 is 2.77 bits per heavy atom. The molecule has 1 aromatic rings. The van der Waals surface area contributed by atoms with E-state index >= 15 is 0 Å². The van der Waals surface area contributed by atoms with Crippen LogP contribution in [0.2, 0.25) is 5.02 Å². The van der Waals surface area contributed by atoms with Crippen LogP contribution in [0.25, 0.3) is 0 Å². The summed E-state index contributed by atoms with van der Waals surface area (Å²) in [5.74, 6) is 0.759. The summed E-state index contributed by atoms with van der Waals surface area (Å²) in [4.78, 5) is 14.8. The van der Waals surface area contributed by atoms with E-state index in [0.29, 0.717) is 5.92 Å². The van der Waals surface area contributed by atoms with E-state index in [4.69, 9.17) is 11.6 Å². The number of nitrogens with zero attached hydrogens (tertiary/aromatic N) is 1. The van der Waals surface area contributed by atoms with Gasteiger partial charge in [0.15, 0.2) is 0 Å². The molecule has 3 nitrogen and oxygen atoms in total. The number of benzene rings is 1. The van der Waals surface area contributed by atoms with E-state index in [2.05, 4.69) is 37.1 Å². The summed E-state index contributed by atoms with van der Waals surface area (Å²) in [6.45, 7) is 9.03. The van der Waals surface area contributed by atoms with Crippen LogP contribution in [0.1, 0.15) is 39.2 Å². The van der Waals surface area contributed by atoms with Gasteiger partial charge in [-0.2, -0.15) is 0 Å². The first-order valence-corrected chi connectivity index (χ1v) is 8.61. The van der Waals surface area contributed by atoms with Crippen molar-refractivity contribution in [2.75, 3.05) is 13.1 Å². The molecule has 0 spiro atoms. The van der Waals surface area contributed by atoms with Crippen LogP contribution in [0.15, 0.2) is 24.3 Å². The van der Waals surface area contributed by atoms with E-state index in [9.17, 15) is 4.79 Å². The second kappa shape index (κ2) is 7.98. The molecule has 1 heterocycles. The molecule has 1 aromatic carbocycles. The molecule has 1 aliphatic rings. The summed E-state index contributed by atoms with van der Waals surface area (Å²) in [6.07, 6.45) is 2.05. The van der Waals surface area contributed by atoms with Crippen LogP contribution in [0.5, 0.6) is 0 Å². The maximum Gasteiger partial charge on any atom is 0.224 e. The standard InChI is InChI=1S/C18H27ClN2O/c1-13(2)14(3)20-18(22)16-8-6-10-21(12-16)11-15-7-4-5-9-17(15)19/h4-5,7,9,13-14,16H,6,8,10-12H2,1-3H3,(H,20,22)/t14-,16+/m1/s1. The van der Waals surface area contributed by atoms with Crippen LogP contribution in [0.3, 0.4) is 0 Å². The average Bonchev–Trinajstić information content (AvgIpc) is 2.49. The molecule has 122 valence electrons. The van der Waals surface area contributed by atoms with E-state index in [1.165, 1.54) is 0 Å². The lowest BCUT2D eigenvalue weighted by Crippen LogP contribution is -2.46. The van der Waals surface area contributed by atoms with Gasteiger partial charge in [0.05, 0.1) is 5.92 Å². The highest BCUT2D eigenvalue weighted by Crippen LogP contribution is 2.22. The maximum absolute atomic E-state index is 12.4. The van der Waals surface area contributed by atoms with Gasteiger partial charge in [-0.25, -0.2) is 0 Å². The number of amides is 1. The number of likely N-dealkylation sites (tertiary alicyclic amines) is 1. The highest BCUT2D eigenvalue weighted by molar-refractivity contribution is 6.31. The Bertz CT molecular complexity index is 504. The van der Waals surface area contributed by atoms with Crippen molar-refractivity contribution in [1.82, 2.24) is 10.2 Å². The first-order valence-electron chi connectivity index (χ1n) is 8.23. The summed E-state index contributed by atoms with van der Waals surface area (Å²) in [5, 5.41) is 3.96. The van der Waals surface area contributed by atoms with Gasteiger partial charge < -0.3 is 5.32 Å². The van der Waals surface area contributed by atoms with Crippen molar-refractivity contribution in [2.24, 2.45) is 11.8 Å². The molecule has 1 fully saturated rings. The predicted molar refractivity (Wildman–Crippen MR) is 91.9 cm³/mol. The lowest BCUT2D eigenvalue weighted by molar-refractivity contribution is -0.127. The van der Waals surface area contributed by atoms with Gasteiger partial charge in [-0.3, -0.25) is 9.69 Å². The van der Waals surface area contributed by atoms with Crippen LogP contribution in [0.4, 0.5) is 0 Å². The van der Waals surface area contributed by atoms with Crippen LogP contribution < -0.4 is 5.32 Å². The highest BCUT2D eigenvalue weighted by Gasteiger charge is 2.27. The van der Waals surface area contributed by atoms with Crippen LogP contribution in [-0.4, -0.2) is 29.9 Å². The molecular weight excluding hydrogens is 296 g/mol. The van der Waals surface area contributed by atoms with Crippen molar-refractivity contribution in [3.8, 4) is 0 Å². The Balaban J connectivity index is 1.91. The molecule has 2 rings (SSSR count). The first kappa shape index (κ1) is 17.3. The number of halogens is 1. The molecule has 0 aromatic heterocycles. The van der Waals surface area contributed by atoms with E-state index in [-0.39, 0.29) is 17.9 Å². The first-order chi connectivity index (χ1) is 10.5. The highest BCUT2D eigenvalue weighted by atomic mass is 35.5. The summed E-state index contributed by atoms with van der Waals surface area (Å²) in [6, 6.07) is 8.18. The van der Waals surface area contributed by atoms with Crippen molar-refractivity contribution in [2.45, 2.75) is 46.2 Å². The number of piperidine rings is 1. The van der Waals surface area contributed by atoms with Gasteiger partial charge in [0.25, 0.3) is 0 Å². The summed E-state index contributed by atoms with van der Waals surface area (Å²) in [7, 11) is 0. The molecule has 2 atom stereocenters. The Morgan fingerprint density at radius 2 is 2.09 bits per heavy atom. The van der Waals surface area contributed by atoms with Gasteiger partial charge in [0.2, 0.25) is 5.91 Å². The molecule has 0 unspecified atom stereocenters. The fraction of sp³-hybridized carbons (Fsp3) is 0.611. The largest absolute Gasteiger partial charge is 0.353 e. The van der Waals surface area contributed by atoms with Crippen LogP contribution in [0, 0.1) is 11.8 Å². The summed E-state index contributed by atoms with van der Waals surface area (Å²) in [5.41, 5.74) is 1.14. The van der Waals surface area contributed by atoms with Gasteiger partial charge in [0.1, 0.15) is 0 Å². The maximum atomic E-state index is 12.4. The molecule has 1 amide bonds. The third kappa shape index (κ3) is 4.72. The van der Waals surface area contributed by atoms with Crippen molar-refractivity contribution >= 4 is 17.5 Å². The molecule has 0 radical (unpaired) electrons. The van der Waals surface area contributed by atoms with Gasteiger partial charge in [-0.05, 0) is 43.9 Å². The smallest absolute Gasteiger partial charge is 0.224 e. The minimum absolute atomic E-state index is 0.0948. The molecule has 0 aliphatic carbocycles. The lowest BCUT2D eigenvalue weighted by Gasteiger charge is -2.33. The van der Waals surface area contributed by atoms with Gasteiger partial charge in [-0.15, -0.1) is 0 Å². The molecule has 0 bridgehead atoms. The molecule has 1 saturated heterocycles. The average molecular weight is 323 g/mol. The molecular formula is C18H27ClN2O. The molecule has 4 heteroatoms. The van der Waals surface area contributed by atoms with E-state index in [1.807, 2.05) is 18.2 Å². The third-order valence-corrected chi connectivity index (χ3v) is 4.97. The Kier molecular flexibility index (Phi) is 6.27. The minimum Gasteiger partial charge on any atom is -0.353 e. The molecule has 1 N–H and O–H groups in total. The Hall–Kier alpha value is -1.06. The lowest BCUT2D eigenvalue weighted by atomic mass is 9.95. The van der Waals surface area contributed by atoms with Crippen molar-refractivity contribution in [3.63, 3.8) is 0 Å². The second-order valence-corrected chi connectivity index (χ2v) is 7.11. The normalized spacial score (nSPS) is 20.9. The minimum atomic E-state index is 0.0948. The number of hydrogen-bond acceptors (Lipinski definition) is 2. The number of carbonyl (C=O) groups excluding carboxylic acids is 1. The van der Waals surface area contributed by atoms with Crippen LogP contribution >= 0.6 is 11.6 Å². The molecule has 1 aliphatic heterocycles. The van der Waals surface area contributed by atoms with Crippen molar-refractivity contribution < 1.29 is 4.79 Å². The predicted octanol–water partition coefficient (Wildman–Crippen LogP) is 3.71. The zero-order valence-electron chi connectivity index (χ0n) is 13.8. The molecule has 22 heavy (non-hydrogen) atoms. The van der Waals surface area contributed by atoms with Gasteiger partial charge >= 0.3 is 0 Å². The fourth-order valence-electron chi connectivity index (χ4n) is 2.79. The van der Waals surface area contributed by atoms with E-state index < -0.39 is 0 Å². The van der Waals surface area contributed by atoms with Crippen molar-refractivity contribution in [1.29, 1.82) is 0 Å². The van der Waals surface area contributed by atoms with E-state index in [1.54, 1.807) is 0 Å². The zero-order chi connectivity index (χ0) is 16.1. The van der Waals surface area contributed by atoms with Gasteiger partial charge in [-0.1, -0.05) is 43.6 Å². The number of rotatable bonds is 5. The SMILES string of the molecule is CC(C)[C@@H](C)NC(=O)[C@H]1CCCN(Cc2ccccc2Cl)C1. The van der Waals surface area contributed by atoms with Crippen LogP contribution in [-0.2, 0) is 11.3 Å². The zero-order valence-corrected chi connectivity index (χ0v) is 14.6. The summed E-state index contributed by atoms with van der Waals surface area (Å²) >= 11 is 6.24. The monoisotopic (exact) mass is 322 g/mol. The Labute approximate surface area is 139 Å². The number of nitrogens with one attached hydrogen (secondary N) is 1. The quantitative estimate of drug-likeness (QED) is 0.896. The Morgan fingerprint density at radius 1 is 1.36 bits per heavy atom. The number of hydrogen-bond donors (Lipinski definition) is 1.